The van der Waals surface area contributed by atoms with Crippen LogP contribution in [0.25, 0.3) is 0 Å². The quantitative estimate of drug-likeness (QED) is 0.187. The molecule has 6 atom stereocenters. The van der Waals surface area contributed by atoms with E-state index in [2.05, 4.69) is 45.1 Å². The van der Waals surface area contributed by atoms with Crippen molar-refractivity contribution in [3.8, 4) is 11.6 Å². The third-order valence-corrected chi connectivity index (χ3v) is 13.7. The van der Waals surface area contributed by atoms with E-state index in [4.69, 9.17) is 25.8 Å². The molecule has 6 rings (SSSR count). The zero-order valence-corrected chi connectivity index (χ0v) is 35.7. The summed E-state index contributed by atoms with van der Waals surface area (Å²) in [6.45, 7) is 11.8. The monoisotopic (exact) mass is 821 g/mol. The standard InChI is InChI=1S/C43H56ClN5O7S/c1-8-30-22-49-25-43(18-10-12-31-20-33(44)15-16-35(31)43)26-55-38-17-14-32(21-36(38)49)40(51)46-57(53,47-41(52)34-23-48(6)45-42(34)54-7)24-28(4)11-9-13-37(29(30)5)56-39(50)19-27(2)3/h9,13-17,20-21,23,27-30,37H,8,10-12,18-19,22,24-26H2,1-7H3,(H,46,47,51,52,53)/b13-9+/t28-,29+,30-,37-,43-,57-/m0/s1. The number of nitrogens with zero attached hydrogens (tertiary/aromatic N) is 4. The van der Waals surface area contributed by atoms with Gasteiger partial charge in [-0.3, -0.25) is 23.8 Å². The van der Waals surface area contributed by atoms with Crippen molar-refractivity contribution in [3.05, 3.63) is 82.0 Å². The van der Waals surface area contributed by atoms with Gasteiger partial charge in [-0.2, -0.15) is 0 Å². The maximum absolute atomic E-state index is 14.7. The van der Waals surface area contributed by atoms with Gasteiger partial charge in [0.1, 0.15) is 27.3 Å². The van der Waals surface area contributed by atoms with E-state index in [0.717, 1.165) is 31.4 Å². The van der Waals surface area contributed by atoms with Crippen LogP contribution in [0.2, 0.25) is 5.02 Å². The van der Waals surface area contributed by atoms with Crippen molar-refractivity contribution in [2.24, 2.45) is 35.1 Å². The van der Waals surface area contributed by atoms with E-state index in [1.165, 1.54) is 29.1 Å². The summed E-state index contributed by atoms with van der Waals surface area (Å²) in [5, 5.41) is 4.86. The predicted octanol–water partition coefficient (Wildman–Crippen LogP) is 7.72. The number of halogens is 1. The molecule has 14 heteroatoms. The molecule has 2 amide bonds. The molecule has 0 unspecified atom stereocenters. The van der Waals surface area contributed by atoms with Gasteiger partial charge < -0.3 is 19.1 Å². The number of aromatic nitrogens is 2. The molecule has 0 saturated carbocycles. The highest BCUT2D eigenvalue weighted by molar-refractivity contribution is 7.92. The summed E-state index contributed by atoms with van der Waals surface area (Å²) in [5.41, 5.74) is 3.07. The van der Waals surface area contributed by atoms with E-state index in [-0.39, 0.29) is 57.8 Å². The minimum atomic E-state index is -3.69. The number of benzene rings is 2. The number of allylic oxidation sites excluding steroid dienone is 1. The Labute approximate surface area is 342 Å². The van der Waals surface area contributed by atoms with Gasteiger partial charge in [0, 0.05) is 54.7 Å². The summed E-state index contributed by atoms with van der Waals surface area (Å²) < 4.78 is 41.2. The molecule has 2 aliphatic heterocycles. The Balaban J connectivity index is 1.47. The maximum Gasteiger partial charge on any atom is 0.306 e. The number of ether oxygens (including phenoxy) is 3. The van der Waals surface area contributed by atoms with Crippen LogP contribution in [0.3, 0.4) is 0 Å². The number of rotatable bonds is 7. The number of esters is 1. The van der Waals surface area contributed by atoms with Gasteiger partial charge in [0.15, 0.2) is 0 Å². The molecule has 3 aromatic rings. The van der Waals surface area contributed by atoms with E-state index in [0.29, 0.717) is 43.3 Å². The van der Waals surface area contributed by atoms with Crippen LogP contribution in [-0.4, -0.2) is 70.4 Å². The van der Waals surface area contributed by atoms with Crippen LogP contribution < -0.4 is 19.1 Å². The summed E-state index contributed by atoms with van der Waals surface area (Å²) >= 11 is 6.49. The lowest BCUT2D eigenvalue weighted by Crippen LogP contribution is -2.47. The van der Waals surface area contributed by atoms with Gasteiger partial charge in [0.25, 0.3) is 11.8 Å². The first-order valence-corrected chi connectivity index (χ1v) is 22.0. The molecule has 0 radical (unpaired) electrons. The summed E-state index contributed by atoms with van der Waals surface area (Å²) in [6.07, 6.45) is 9.17. The summed E-state index contributed by atoms with van der Waals surface area (Å²) in [7, 11) is -0.661. The second-order valence-corrected chi connectivity index (χ2v) is 18.9. The second-order valence-electron chi connectivity index (χ2n) is 16.5. The number of carbonyl (C=O) groups is 3. The third kappa shape index (κ3) is 9.68. The number of fused-ring (bicyclic) bond motifs is 3. The fraction of sp³-hybridized carbons (Fsp3) is 0.535. The minimum absolute atomic E-state index is 0.0541. The maximum atomic E-state index is 14.7. The van der Waals surface area contributed by atoms with Gasteiger partial charge in [-0.05, 0) is 91.0 Å². The molecule has 2 bridgehead atoms. The Hall–Kier alpha value is -4.36. The van der Waals surface area contributed by atoms with E-state index < -0.39 is 27.8 Å². The molecule has 3 aliphatic rings. The number of methoxy groups -OCH3 is 1. The molecule has 1 spiro atoms. The summed E-state index contributed by atoms with van der Waals surface area (Å²) in [4.78, 5) is 43.3. The molecular formula is C43H56ClN5O7S. The Kier molecular flexibility index (Phi) is 13.1. The largest absolute Gasteiger partial charge is 0.490 e. The molecule has 2 aromatic carbocycles. The lowest BCUT2D eigenvalue weighted by atomic mass is 9.70. The molecule has 1 aromatic heterocycles. The van der Waals surface area contributed by atoms with Gasteiger partial charge in [-0.25, -0.2) is 4.21 Å². The van der Waals surface area contributed by atoms with E-state index in [9.17, 15) is 18.6 Å². The molecular weight excluding hydrogens is 766 g/mol. The molecule has 0 saturated heterocycles. The zero-order chi connectivity index (χ0) is 41.1. The first kappa shape index (κ1) is 42.3. The van der Waals surface area contributed by atoms with Crippen molar-refractivity contribution in [2.75, 3.05) is 37.5 Å². The van der Waals surface area contributed by atoms with Crippen molar-refractivity contribution in [1.29, 1.82) is 0 Å². The number of nitrogens with one attached hydrogen (secondary N) is 1. The van der Waals surface area contributed by atoms with Crippen LogP contribution in [0.4, 0.5) is 5.69 Å². The van der Waals surface area contributed by atoms with Gasteiger partial charge >= 0.3 is 5.97 Å². The van der Waals surface area contributed by atoms with Crippen molar-refractivity contribution in [2.45, 2.75) is 84.7 Å². The number of hydrogen-bond acceptors (Lipinski definition) is 9. The molecule has 57 heavy (non-hydrogen) atoms. The van der Waals surface area contributed by atoms with Gasteiger partial charge in [0.05, 0.1) is 25.2 Å². The lowest BCUT2D eigenvalue weighted by Gasteiger charge is -2.42. The van der Waals surface area contributed by atoms with Crippen molar-refractivity contribution in [3.63, 3.8) is 0 Å². The third-order valence-electron chi connectivity index (χ3n) is 11.5. The van der Waals surface area contributed by atoms with Crippen LogP contribution in [0.5, 0.6) is 11.6 Å². The fourth-order valence-corrected chi connectivity index (χ4v) is 10.6. The minimum Gasteiger partial charge on any atom is -0.490 e. The number of amides is 2. The first-order chi connectivity index (χ1) is 27.1. The SMILES string of the molecule is CC[C@H]1CN2C[C@@]3(CCCc4cc(Cl)ccc43)COc3ccc(cc32)C(=O)N=[S@](=O)(NC(=O)c2cn(C)nc2OC)C[C@@H](C)C/C=C/[C@H](OC(=O)CC(C)C)[C@@H]1C. The van der Waals surface area contributed by atoms with Crippen molar-refractivity contribution >= 4 is 45.0 Å². The van der Waals surface area contributed by atoms with Gasteiger partial charge in [-0.1, -0.05) is 64.8 Å². The van der Waals surface area contributed by atoms with Crippen molar-refractivity contribution < 1.29 is 32.8 Å². The van der Waals surface area contributed by atoms with Crippen LogP contribution in [0, 0.1) is 23.7 Å². The molecule has 3 heterocycles. The predicted molar refractivity (Wildman–Crippen MR) is 222 cm³/mol. The van der Waals surface area contributed by atoms with E-state index >= 15 is 0 Å². The molecule has 1 aliphatic carbocycles. The summed E-state index contributed by atoms with van der Waals surface area (Å²) in [6, 6.07) is 11.3. The van der Waals surface area contributed by atoms with Gasteiger partial charge in [0.2, 0.25) is 5.88 Å². The van der Waals surface area contributed by atoms with Crippen LogP contribution in [-0.2, 0) is 38.3 Å². The second kappa shape index (κ2) is 17.6. The Bertz CT molecular complexity index is 2140. The smallest absolute Gasteiger partial charge is 0.306 e. The number of aryl methyl sites for hydroxylation is 2. The Morgan fingerprint density at radius 2 is 1.96 bits per heavy atom. The average molecular weight is 822 g/mol. The molecule has 12 nitrogen and oxygen atoms in total. The first-order valence-electron chi connectivity index (χ1n) is 20.0. The normalized spacial score (nSPS) is 27.1. The summed E-state index contributed by atoms with van der Waals surface area (Å²) in [5.74, 6) is -1.29. The Morgan fingerprint density at radius 1 is 1.18 bits per heavy atom. The fourth-order valence-electron chi connectivity index (χ4n) is 8.48. The topological polar surface area (TPSA) is 141 Å². The molecule has 0 fully saturated rings. The highest BCUT2D eigenvalue weighted by atomic mass is 35.5. The molecule has 308 valence electrons. The van der Waals surface area contributed by atoms with Crippen LogP contribution in [0.1, 0.15) is 98.6 Å². The molecule has 1 N–H and O–H groups in total. The average Bonchev–Trinajstić information content (AvgIpc) is 3.47. The van der Waals surface area contributed by atoms with E-state index in [1.807, 2.05) is 39.0 Å². The number of hydrogen-bond donors (Lipinski definition) is 1. The lowest BCUT2D eigenvalue weighted by molar-refractivity contribution is -0.150. The zero-order valence-electron chi connectivity index (χ0n) is 34.1. The van der Waals surface area contributed by atoms with Crippen LogP contribution >= 0.6 is 11.6 Å². The van der Waals surface area contributed by atoms with Crippen LogP contribution in [0.15, 0.2) is 59.1 Å². The van der Waals surface area contributed by atoms with Gasteiger partial charge in [-0.15, -0.1) is 9.46 Å². The number of anilines is 1. The highest BCUT2D eigenvalue weighted by Gasteiger charge is 2.43. The highest BCUT2D eigenvalue weighted by Crippen LogP contribution is 2.45. The number of carbonyl (C=O) groups excluding carboxylic acids is 3. The van der Waals surface area contributed by atoms with Crippen molar-refractivity contribution in [1.82, 2.24) is 14.5 Å². The van der Waals surface area contributed by atoms with E-state index in [1.54, 1.807) is 25.2 Å². The Morgan fingerprint density at radius 3 is 2.70 bits per heavy atom.